The number of carbonyl (C=O) groups excluding carboxylic acids is 2. The van der Waals surface area contributed by atoms with Crippen molar-refractivity contribution in [3.63, 3.8) is 0 Å². The second-order valence-corrected chi connectivity index (χ2v) is 6.40. The molecule has 0 heterocycles. The van der Waals surface area contributed by atoms with E-state index in [1.54, 1.807) is 24.3 Å². The molecule has 0 spiro atoms. The number of amides is 2. The van der Waals surface area contributed by atoms with Crippen LogP contribution in [0.1, 0.15) is 11.1 Å². The van der Waals surface area contributed by atoms with Gasteiger partial charge in [0.05, 0.1) is 0 Å². The highest BCUT2D eigenvalue weighted by molar-refractivity contribution is 9.10. The van der Waals surface area contributed by atoms with Gasteiger partial charge in [-0.2, -0.15) is 0 Å². The molecule has 0 atom stereocenters. The van der Waals surface area contributed by atoms with Gasteiger partial charge in [-0.05, 0) is 54.8 Å². The van der Waals surface area contributed by atoms with E-state index in [9.17, 15) is 9.59 Å². The lowest BCUT2D eigenvalue weighted by molar-refractivity contribution is -0.136. The summed E-state index contributed by atoms with van der Waals surface area (Å²) in [6, 6.07) is 12.8. The number of nitrogens with one attached hydrogen (secondary N) is 2. The third-order valence-corrected chi connectivity index (χ3v) is 4.00. The van der Waals surface area contributed by atoms with Gasteiger partial charge < -0.3 is 10.6 Å². The molecule has 2 aromatic carbocycles. The smallest absolute Gasteiger partial charge is 0.313 e. The van der Waals surface area contributed by atoms with Crippen LogP contribution < -0.4 is 10.6 Å². The molecule has 0 aliphatic rings. The molecule has 0 aliphatic heterocycles. The first-order valence-corrected chi connectivity index (χ1v) is 8.22. The molecule has 2 N–H and O–H groups in total. The van der Waals surface area contributed by atoms with Crippen LogP contribution in [0.3, 0.4) is 0 Å². The van der Waals surface area contributed by atoms with E-state index in [0.717, 1.165) is 15.6 Å². The molecule has 2 amide bonds. The van der Waals surface area contributed by atoms with Crippen LogP contribution in [0.4, 0.5) is 5.69 Å². The maximum absolute atomic E-state index is 11.9. The normalized spacial score (nSPS) is 10.2. The molecule has 23 heavy (non-hydrogen) atoms. The topological polar surface area (TPSA) is 58.2 Å². The zero-order valence-electron chi connectivity index (χ0n) is 12.5. The van der Waals surface area contributed by atoms with Gasteiger partial charge in [0, 0.05) is 21.7 Å². The van der Waals surface area contributed by atoms with Crippen molar-refractivity contribution < 1.29 is 9.59 Å². The van der Waals surface area contributed by atoms with Crippen molar-refractivity contribution in [2.45, 2.75) is 13.3 Å². The van der Waals surface area contributed by atoms with E-state index in [1.165, 1.54) is 0 Å². The molecule has 4 nitrogen and oxygen atoms in total. The van der Waals surface area contributed by atoms with Crippen molar-refractivity contribution in [3.8, 4) is 0 Å². The van der Waals surface area contributed by atoms with E-state index in [1.807, 2.05) is 25.1 Å². The van der Waals surface area contributed by atoms with Gasteiger partial charge in [-0.15, -0.1) is 0 Å². The number of carbonyl (C=O) groups is 2. The molecule has 0 aromatic heterocycles. The minimum Gasteiger partial charge on any atom is -0.347 e. The Morgan fingerprint density at radius 1 is 1.09 bits per heavy atom. The molecule has 0 saturated carbocycles. The highest BCUT2D eigenvalue weighted by Crippen LogP contribution is 2.19. The van der Waals surface area contributed by atoms with E-state index >= 15 is 0 Å². The van der Waals surface area contributed by atoms with Crippen LogP contribution in [-0.4, -0.2) is 18.4 Å². The molecular weight excluding hydrogens is 380 g/mol. The second-order valence-electron chi connectivity index (χ2n) is 5.05. The predicted molar refractivity (Wildman–Crippen MR) is 95.7 cm³/mol. The Labute approximate surface area is 148 Å². The van der Waals surface area contributed by atoms with Crippen LogP contribution in [0.15, 0.2) is 46.9 Å². The summed E-state index contributed by atoms with van der Waals surface area (Å²) in [6.45, 7) is 2.24. The third-order valence-electron chi connectivity index (χ3n) is 3.26. The van der Waals surface area contributed by atoms with E-state index in [4.69, 9.17) is 11.6 Å². The molecule has 120 valence electrons. The van der Waals surface area contributed by atoms with Crippen molar-refractivity contribution in [1.82, 2.24) is 5.32 Å². The summed E-state index contributed by atoms with van der Waals surface area (Å²) in [5.74, 6) is -1.33. The summed E-state index contributed by atoms with van der Waals surface area (Å²) in [4.78, 5) is 23.7. The molecule has 2 aromatic rings. The average Bonchev–Trinajstić information content (AvgIpc) is 2.51. The predicted octanol–water partition coefficient (Wildman–Crippen LogP) is 3.71. The zero-order valence-corrected chi connectivity index (χ0v) is 14.9. The summed E-state index contributed by atoms with van der Waals surface area (Å²) in [7, 11) is 0. The average molecular weight is 396 g/mol. The van der Waals surface area contributed by atoms with Crippen LogP contribution in [0.5, 0.6) is 0 Å². The van der Waals surface area contributed by atoms with E-state index in [2.05, 4.69) is 26.6 Å². The fourth-order valence-corrected chi connectivity index (χ4v) is 2.60. The van der Waals surface area contributed by atoms with Crippen LogP contribution in [0.2, 0.25) is 5.02 Å². The first-order valence-electron chi connectivity index (χ1n) is 7.05. The summed E-state index contributed by atoms with van der Waals surface area (Å²) in [5.41, 5.74) is 2.53. The van der Waals surface area contributed by atoms with Crippen molar-refractivity contribution in [2.24, 2.45) is 0 Å². The first kappa shape index (κ1) is 17.5. The number of benzene rings is 2. The fourth-order valence-electron chi connectivity index (χ4n) is 2.00. The first-order chi connectivity index (χ1) is 11.0. The van der Waals surface area contributed by atoms with Crippen molar-refractivity contribution in [2.75, 3.05) is 11.9 Å². The molecule has 2 rings (SSSR count). The largest absolute Gasteiger partial charge is 0.347 e. The van der Waals surface area contributed by atoms with Crippen molar-refractivity contribution in [1.29, 1.82) is 0 Å². The number of rotatable bonds is 4. The number of aryl methyl sites for hydroxylation is 1. The summed E-state index contributed by atoms with van der Waals surface area (Å²) >= 11 is 9.16. The summed E-state index contributed by atoms with van der Waals surface area (Å²) in [5, 5.41) is 5.88. The molecule has 0 bridgehead atoms. The van der Waals surface area contributed by atoms with Gasteiger partial charge >= 0.3 is 11.8 Å². The molecular formula is C17H16BrClN2O2. The van der Waals surface area contributed by atoms with Crippen LogP contribution in [0.25, 0.3) is 0 Å². The number of hydrogen-bond acceptors (Lipinski definition) is 2. The SMILES string of the molecule is Cc1cc(Br)ccc1NC(=O)C(=O)NCCc1ccc(Cl)cc1. The Balaban J connectivity index is 1.83. The molecule has 0 saturated heterocycles. The highest BCUT2D eigenvalue weighted by atomic mass is 79.9. The van der Waals surface area contributed by atoms with Crippen LogP contribution >= 0.6 is 27.5 Å². The molecule has 0 aliphatic carbocycles. The Hall–Kier alpha value is -1.85. The van der Waals surface area contributed by atoms with Crippen molar-refractivity contribution >= 4 is 45.0 Å². The van der Waals surface area contributed by atoms with E-state index in [-0.39, 0.29) is 0 Å². The third kappa shape index (κ3) is 5.37. The highest BCUT2D eigenvalue weighted by Gasteiger charge is 2.14. The maximum Gasteiger partial charge on any atom is 0.313 e. The van der Waals surface area contributed by atoms with Gasteiger partial charge in [0.2, 0.25) is 0 Å². The van der Waals surface area contributed by atoms with E-state index < -0.39 is 11.8 Å². The summed E-state index contributed by atoms with van der Waals surface area (Å²) in [6.07, 6.45) is 0.632. The van der Waals surface area contributed by atoms with Gasteiger partial charge in [-0.3, -0.25) is 9.59 Å². The van der Waals surface area contributed by atoms with Crippen LogP contribution in [-0.2, 0) is 16.0 Å². The summed E-state index contributed by atoms with van der Waals surface area (Å²) < 4.78 is 0.917. The minimum absolute atomic E-state index is 0.382. The van der Waals surface area contributed by atoms with Gasteiger partial charge in [-0.25, -0.2) is 0 Å². The van der Waals surface area contributed by atoms with Crippen molar-refractivity contribution in [3.05, 3.63) is 63.1 Å². The lowest BCUT2D eigenvalue weighted by atomic mass is 10.1. The molecule has 0 fully saturated rings. The van der Waals surface area contributed by atoms with Crippen LogP contribution in [0, 0.1) is 6.92 Å². The lowest BCUT2D eigenvalue weighted by Gasteiger charge is -2.09. The number of halogens is 2. The Morgan fingerprint density at radius 3 is 2.43 bits per heavy atom. The maximum atomic E-state index is 11.9. The quantitative estimate of drug-likeness (QED) is 0.775. The monoisotopic (exact) mass is 394 g/mol. The zero-order chi connectivity index (χ0) is 16.8. The Morgan fingerprint density at radius 2 is 1.78 bits per heavy atom. The second kappa shape index (κ2) is 8.13. The van der Waals surface area contributed by atoms with Gasteiger partial charge in [0.25, 0.3) is 0 Å². The molecule has 0 radical (unpaired) electrons. The fraction of sp³-hybridized carbons (Fsp3) is 0.176. The van der Waals surface area contributed by atoms with E-state index in [0.29, 0.717) is 23.7 Å². The van der Waals surface area contributed by atoms with Gasteiger partial charge in [-0.1, -0.05) is 39.7 Å². The van der Waals surface area contributed by atoms with Gasteiger partial charge in [0.1, 0.15) is 0 Å². The number of hydrogen-bond donors (Lipinski definition) is 2. The Kier molecular flexibility index (Phi) is 6.19. The number of anilines is 1. The molecule has 0 unspecified atom stereocenters. The minimum atomic E-state index is -0.675. The van der Waals surface area contributed by atoms with Gasteiger partial charge in [0.15, 0.2) is 0 Å². The molecule has 6 heteroatoms. The lowest BCUT2D eigenvalue weighted by Crippen LogP contribution is -2.36. The Bertz CT molecular complexity index is 717. The standard InChI is InChI=1S/C17H16BrClN2O2/c1-11-10-13(18)4-7-15(11)21-17(23)16(22)20-9-8-12-2-5-14(19)6-3-12/h2-7,10H,8-9H2,1H3,(H,20,22)(H,21,23).